The Hall–Kier alpha value is -1.31. The van der Waals surface area contributed by atoms with E-state index in [1.165, 1.54) is 12.1 Å². The minimum Gasteiger partial charge on any atom is -0.405 e. The van der Waals surface area contributed by atoms with Crippen molar-refractivity contribution in [3.8, 4) is 5.75 Å². The van der Waals surface area contributed by atoms with E-state index in [1.54, 1.807) is 19.1 Å². The van der Waals surface area contributed by atoms with Gasteiger partial charge in [0.25, 0.3) is 0 Å². The monoisotopic (exact) mass is 305 g/mol. The van der Waals surface area contributed by atoms with Gasteiger partial charge in [-0.3, -0.25) is 0 Å². The number of ether oxygens (including phenoxy) is 2. The van der Waals surface area contributed by atoms with Gasteiger partial charge >= 0.3 is 6.36 Å². The predicted octanol–water partition coefficient (Wildman–Crippen LogP) is 2.24. The Kier molecular flexibility index (Phi) is 4.75. The zero-order valence-electron chi connectivity index (χ0n) is 11.6. The SMILES string of the molecule is CC(NCC1(CO)COC1)c1ccccc1OC(F)(F)F. The molecule has 1 aromatic carbocycles. The van der Waals surface area contributed by atoms with E-state index in [0.29, 0.717) is 25.3 Å². The van der Waals surface area contributed by atoms with Crippen LogP contribution in [0.15, 0.2) is 24.3 Å². The smallest absolute Gasteiger partial charge is 0.405 e. The molecule has 21 heavy (non-hydrogen) atoms. The van der Waals surface area contributed by atoms with Gasteiger partial charge in [-0.25, -0.2) is 0 Å². The molecule has 118 valence electrons. The molecule has 1 aromatic rings. The molecular weight excluding hydrogens is 287 g/mol. The molecule has 1 saturated heterocycles. The maximum atomic E-state index is 12.4. The number of hydrogen-bond acceptors (Lipinski definition) is 4. The zero-order chi connectivity index (χ0) is 15.5. The summed E-state index contributed by atoms with van der Waals surface area (Å²) < 4.78 is 46.3. The molecule has 1 unspecified atom stereocenters. The summed E-state index contributed by atoms with van der Waals surface area (Å²) in [5.74, 6) is -0.215. The van der Waals surface area contributed by atoms with Crippen molar-refractivity contribution >= 4 is 0 Å². The van der Waals surface area contributed by atoms with Gasteiger partial charge in [-0.2, -0.15) is 0 Å². The molecular formula is C14H18F3NO3. The van der Waals surface area contributed by atoms with Gasteiger partial charge in [0.15, 0.2) is 0 Å². The van der Waals surface area contributed by atoms with E-state index in [4.69, 9.17) is 4.74 Å². The van der Waals surface area contributed by atoms with Crippen LogP contribution in [0, 0.1) is 5.41 Å². The van der Waals surface area contributed by atoms with Crippen LogP contribution in [-0.2, 0) is 4.74 Å². The van der Waals surface area contributed by atoms with Gasteiger partial charge in [-0.1, -0.05) is 18.2 Å². The normalized spacial score (nSPS) is 18.9. The number of rotatable bonds is 6. The van der Waals surface area contributed by atoms with Crippen LogP contribution in [0.4, 0.5) is 13.2 Å². The number of aliphatic hydroxyl groups is 1. The second kappa shape index (κ2) is 6.21. The fourth-order valence-corrected chi connectivity index (χ4v) is 2.18. The Morgan fingerprint density at radius 2 is 2.05 bits per heavy atom. The second-order valence-electron chi connectivity index (χ2n) is 5.34. The molecule has 1 fully saturated rings. The highest BCUT2D eigenvalue weighted by Gasteiger charge is 2.38. The van der Waals surface area contributed by atoms with Crippen LogP contribution in [0.3, 0.4) is 0 Å². The third kappa shape index (κ3) is 4.09. The number of alkyl halides is 3. The van der Waals surface area contributed by atoms with Crippen molar-refractivity contribution in [2.75, 3.05) is 26.4 Å². The fourth-order valence-electron chi connectivity index (χ4n) is 2.18. The molecule has 0 aliphatic carbocycles. The molecule has 2 rings (SSSR count). The number of hydrogen-bond donors (Lipinski definition) is 2. The fraction of sp³-hybridized carbons (Fsp3) is 0.571. The first kappa shape index (κ1) is 16.1. The van der Waals surface area contributed by atoms with Crippen molar-refractivity contribution in [1.29, 1.82) is 0 Å². The molecule has 0 spiro atoms. The highest BCUT2D eigenvalue weighted by molar-refractivity contribution is 5.35. The number of nitrogens with one attached hydrogen (secondary N) is 1. The maximum Gasteiger partial charge on any atom is 0.573 e. The van der Waals surface area contributed by atoms with Crippen LogP contribution in [0.25, 0.3) is 0 Å². The average molecular weight is 305 g/mol. The van der Waals surface area contributed by atoms with Crippen LogP contribution < -0.4 is 10.1 Å². The molecule has 7 heteroatoms. The van der Waals surface area contributed by atoms with Crippen LogP contribution >= 0.6 is 0 Å². The van der Waals surface area contributed by atoms with Gasteiger partial charge in [0.05, 0.1) is 25.2 Å². The number of para-hydroxylation sites is 1. The molecule has 1 atom stereocenters. The lowest BCUT2D eigenvalue weighted by Crippen LogP contribution is -2.52. The summed E-state index contributed by atoms with van der Waals surface area (Å²) in [4.78, 5) is 0. The van der Waals surface area contributed by atoms with Gasteiger partial charge in [0, 0.05) is 18.2 Å². The lowest BCUT2D eigenvalue weighted by molar-refractivity contribution is -0.275. The van der Waals surface area contributed by atoms with Crippen molar-refractivity contribution in [1.82, 2.24) is 5.32 Å². The van der Waals surface area contributed by atoms with E-state index >= 15 is 0 Å². The Bertz CT molecular complexity index is 469. The van der Waals surface area contributed by atoms with E-state index < -0.39 is 6.36 Å². The minimum atomic E-state index is -4.72. The number of benzene rings is 1. The van der Waals surface area contributed by atoms with Gasteiger partial charge in [-0.15, -0.1) is 13.2 Å². The van der Waals surface area contributed by atoms with Gasteiger partial charge in [0.1, 0.15) is 5.75 Å². The van der Waals surface area contributed by atoms with Crippen molar-refractivity contribution < 1.29 is 27.8 Å². The zero-order valence-corrected chi connectivity index (χ0v) is 11.6. The van der Waals surface area contributed by atoms with E-state index in [1.807, 2.05) is 0 Å². The van der Waals surface area contributed by atoms with Gasteiger partial charge < -0.3 is 19.9 Å². The first-order chi connectivity index (χ1) is 9.85. The lowest BCUT2D eigenvalue weighted by Gasteiger charge is -2.40. The molecule has 0 saturated carbocycles. The van der Waals surface area contributed by atoms with Crippen molar-refractivity contribution in [2.45, 2.75) is 19.3 Å². The van der Waals surface area contributed by atoms with E-state index in [2.05, 4.69) is 10.1 Å². The summed E-state index contributed by atoms with van der Waals surface area (Å²) >= 11 is 0. The highest BCUT2D eigenvalue weighted by atomic mass is 19.4. The molecule has 1 aliphatic rings. The quantitative estimate of drug-likeness (QED) is 0.846. The lowest BCUT2D eigenvalue weighted by atomic mass is 9.86. The van der Waals surface area contributed by atoms with Crippen LogP contribution in [0.5, 0.6) is 5.75 Å². The largest absolute Gasteiger partial charge is 0.573 e. The first-order valence-corrected chi connectivity index (χ1v) is 6.62. The molecule has 0 amide bonds. The van der Waals surface area contributed by atoms with Crippen LogP contribution in [-0.4, -0.2) is 37.8 Å². The number of halogens is 3. The first-order valence-electron chi connectivity index (χ1n) is 6.62. The Morgan fingerprint density at radius 1 is 1.38 bits per heavy atom. The van der Waals surface area contributed by atoms with Crippen molar-refractivity contribution in [3.05, 3.63) is 29.8 Å². The molecule has 0 aromatic heterocycles. The van der Waals surface area contributed by atoms with E-state index in [-0.39, 0.29) is 23.8 Å². The van der Waals surface area contributed by atoms with E-state index in [9.17, 15) is 18.3 Å². The summed E-state index contributed by atoms with van der Waals surface area (Å²) in [6.07, 6.45) is -4.72. The van der Waals surface area contributed by atoms with Gasteiger partial charge in [0.2, 0.25) is 0 Å². The van der Waals surface area contributed by atoms with Gasteiger partial charge in [-0.05, 0) is 13.0 Å². The summed E-state index contributed by atoms with van der Waals surface area (Å²) in [5, 5.41) is 12.5. The highest BCUT2D eigenvalue weighted by Crippen LogP contribution is 2.31. The molecule has 4 nitrogen and oxygen atoms in total. The summed E-state index contributed by atoms with van der Waals surface area (Å²) in [6.45, 7) is 3.09. The Morgan fingerprint density at radius 3 is 2.57 bits per heavy atom. The Labute approximate surface area is 120 Å². The molecule has 1 heterocycles. The molecule has 0 radical (unpaired) electrons. The summed E-state index contributed by atoms with van der Waals surface area (Å²) in [5.41, 5.74) is 0.0804. The average Bonchev–Trinajstić information content (AvgIpc) is 2.36. The maximum absolute atomic E-state index is 12.4. The third-order valence-corrected chi connectivity index (χ3v) is 3.55. The summed E-state index contributed by atoms with van der Waals surface area (Å²) in [6, 6.07) is 5.68. The molecule has 1 aliphatic heterocycles. The van der Waals surface area contributed by atoms with E-state index in [0.717, 1.165) is 0 Å². The summed E-state index contributed by atoms with van der Waals surface area (Å²) in [7, 11) is 0. The standard InChI is InChI=1S/C14H18F3NO3/c1-10(18-6-13(7-19)8-20-9-13)11-4-2-3-5-12(11)21-14(15,16)17/h2-5,10,18-19H,6-9H2,1H3. The Balaban J connectivity index is 2.03. The number of aliphatic hydroxyl groups excluding tert-OH is 1. The van der Waals surface area contributed by atoms with Crippen molar-refractivity contribution in [2.24, 2.45) is 5.41 Å². The van der Waals surface area contributed by atoms with Crippen molar-refractivity contribution in [3.63, 3.8) is 0 Å². The molecule has 0 bridgehead atoms. The second-order valence-corrected chi connectivity index (χ2v) is 5.34. The van der Waals surface area contributed by atoms with Crippen LogP contribution in [0.1, 0.15) is 18.5 Å². The third-order valence-electron chi connectivity index (χ3n) is 3.55. The van der Waals surface area contributed by atoms with Crippen LogP contribution in [0.2, 0.25) is 0 Å². The molecule has 2 N–H and O–H groups in total. The minimum absolute atomic E-state index is 0.0204. The topological polar surface area (TPSA) is 50.7 Å². The predicted molar refractivity (Wildman–Crippen MR) is 69.9 cm³/mol.